The summed E-state index contributed by atoms with van der Waals surface area (Å²) in [5, 5.41) is 3.08. The molecule has 0 spiro atoms. The van der Waals surface area contributed by atoms with Crippen molar-refractivity contribution in [2.75, 3.05) is 19.6 Å². The highest BCUT2D eigenvalue weighted by atomic mass is 16.1. The molecule has 0 fully saturated rings. The predicted octanol–water partition coefficient (Wildman–Crippen LogP) is 5.97. The van der Waals surface area contributed by atoms with Gasteiger partial charge in [0.05, 0.1) is 19.5 Å². The van der Waals surface area contributed by atoms with Crippen LogP contribution >= 0.6 is 0 Å². The highest BCUT2D eigenvalue weighted by molar-refractivity contribution is 5.79. The van der Waals surface area contributed by atoms with Crippen molar-refractivity contribution in [3.63, 3.8) is 0 Å². The Bertz CT molecular complexity index is 486. The summed E-state index contributed by atoms with van der Waals surface area (Å²) in [5.74, 6) is 1.27. The zero-order chi connectivity index (χ0) is 20.7. The Balaban J connectivity index is 2.18. The largest absolute Gasteiger partial charge is 0.307 e. The second kappa shape index (κ2) is 14.8. The van der Waals surface area contributed by atoms with Gasteiger partial charge in [-0.15, -0.1) is 0 Å². The second-order valence-corrected chi connectivity index (χ2v) is 8.39. The molecule has 0 aromatic heterocycles. The van der Waals surface area contributed by atoms with Crippen LogP contribution < -0.4 is 5.32 Å². The Morgan fingerprint density at radius 3 is 2.21 bits per heavy atom. The molecule has 1 N–H and O–H groups in total. The van der Waals surface area contributed by atoms with Gasteiger partial charge in [-0.2, -0.15) is 0 Å². The fraction of sp³-hybridized carbons (Fsp3) is 0.833. The quantitative estimate of drug-likeness (QED) is 0.196. The van der Waals surface area contributed by atoms with E-state index in [2.05, 4.69) is 38.2 Å². The number of carbonyl (C=O) groups excluding carboxylic acids is 1. The molecule has 1 heterocycles. The average Bonchev–Trinajstić information content (AvgIpc) is 3.09. The zero-order valence-electron chi connectivity index (χ0n) is 19.1. The van der Waals surface area contributed by atoms with Crippen molar-refractivity contribution < 1.29 is 9.28 Å². The number of carbonyl (C=O) groups is 1. The van der Waals surface area contributed by atoms with Crippen LogP contribution in [0.5, 0.6) is 0 Å². The van der Waals surface area contributed by atoms with Gasteiger partial charge in [-0.1, -0.05) is 76.9 Å². The van der Waals surface area contributed by atoms with Gasteiger partial charge in [-0.05, 0) is 19.8 Å². The van der Waals surface area contributed by atoms with Crippen molar-refractivity contribution in [1.82, 2.24) is 5.32 Å². The number of likely N-dealkylation sites (N-methyl/N-ethyl adjacent to an activating group) is 1. The summed E-state index contributed by atoms with van der Waals surface area (Å²) in [7, 11) is 0. The highest BCUT2D eigenvalue weighted by Crippen LogP contribution is 2.21. The lowest BCUT2D eigenvalue weighted by atomic mass is 10.1. The molecule has 2 atom stereocenters. The van der Waals surface area contributed by atoms with E-state index in [4.69, 9.17) is 4.99 Å². The fourth-order valence-corrected chi connectivity index (χ4v) is 4.38. The van der Waals surface area contributed by atoms with E-state index in [1.807, 2.05) is 0 Å². The zero-order valence-corrected chi connectivity index (χ0v) is 19.1. The first-order valence-electron chi connectivity index (χ1n) is 11.9. The summed E-state index contributed by atoms with van der Waals surface area (Å²) >= 11 is 0. The fourth-order valence-electron chi connectivity index (χ4n) is 4.38. The van der Waals surface area contributed by atoms with Gasteiger partial charge in [-0.3, -0.25) is 9.28 Å². The number of quaternary nitrogens is 1. The summed E-state index contributed by atoms with van der Waals surface area (Å²) < 4.78 is 0.808. The molecule has 1 rings (SSSR count). The number of nitrogens with one attached hydrogen (secondary N) is 1. The standard InChI is InChI=1S/C24H45N3O/c1-5-7-8-9-10-11-12-13-14-15-16-17-18-19-24-25-20-21-27(24,6-2)22(3)26-23(4)28/h17-18,22H,5-16,19-21H2,1-4H3/p+1/b18-17+. The lowest BCUT2D eigenvalue weighted by Crippen LogP contribution is -2.62. The van der Waals surface area contributed by atoms with Gasteiger partial charge in [0.1, 0.15) is 6.54 Å². The van der Waals surface area contributed by atoms with Crippen molar-refractivity contribution in [3.05, 3.63) is 12.2 Å². The molecular formula is C24H46N3O+. The second-order valence-electron chi connectivity index (χ2n) is 8.39. The first-order chi connectivity index (χ1) is 13.6. The third kappa shape index (κ3) is 8.89. The smallest absolute Gasteiger partial charge is 0.221 e. The van der Waals surface area contributed by atoms with Crippen LogP contribution in [-0.2, 0) is 4.79 Å². The maximum Gasteiger partial charge on any atom is 0.221 e. The molecule has 0 aromatic carbocycles. The minimum atomic E-state index is 0.0428. The number of amides is 1. The highest BCUT2D eigenvalue weighted by Gasteiger charge is 2.41. The molecular weight excluding hydrogens is 346 g/mol. The molecule has 4 nitrogen and oxygen atoms in total. The number of rotatable bonds is 16. The van der Waals surface area contributed by atoms with E-state index >= 15 is 0 Å². The molecule has 1 amide bonds. The molecule has 0 saturated heterocycles. The minimum absolute atomic E-state index is 0.0428. The summed E-state index contributed by atoms with van der Waals surface area (Å²) in [6.07, 6.45) is 20.7. The Hall–Kier alpha value is -1.16. The maximum absolute atomic E-state index is 11.5. The first-order valence-corrected chi connectivity index (χ1v) is 11.9. The Kier molecular flexibility index (Phi) is 13.1. The van der Waals surface area contributed by atoms with Gasteiger partial charge in [0.15, 0.2) is 6.17 Å². The van der Waals surface area contributed by atoms with Crippen molar-refractivity contribution in [2.24, 2.45) is 4.99 Å². The molecule has 0 radical (unpaired) electrons. The number of hydrogen-bond acceptors (Lipinski definition) is 2. The third-order valence-electron chi connectivity index (χ3n) is 6.22. The lowest BCUT2D eigenvalue weighted by Gasteiger charge is -2.39. The van der Waals surface area contributed by atoms with E-state index in [9.17, 15) is 4.79 Å². The number of nitrogens with zero attached hydrogens (tertiary/aromatic N) is 2. The average molecular weight is 393 g/mol. The van der Waals surface area contributed by atoms with Gasteiger partial charge < -0.3 is 5.32 Å². The van der Waals surface area contributed by atoms with E-state index in [1.54, 1.807) is 6.92 Å². The van der Waals surface area contributed by atoms with Crippen molar-refractivity contribution in [1.29, 1.82) is 0 Å². The molecule has 28 heavy (non-hydrogen) atoms. The summed E-state index contributed by atoms with van der Waals surface area (Å²) in [6.45, 7) is 11.0. The Labute approximate surface area is 174 Å². The number of amidine groups is 1. The van der Waals surface area contributed by atoms with Crippen molar-refractivity contribution >= 4 is 11.7 Å². The number of unbranched alkanes of at least 4 members (excludes halogenated alkanes) is 10. The van der Waals surface area contributed by atoms with Crippen LogP contribution in [0.1, 0.15) is 105 Å². The predicted molar refractivity (Wildman–Crippen MR) is 121 cm³/mol. The van der Waals surface area contributed by atoms with Crippen LogP contribution in [-0.4, -0.2) is 42.0 Å². The third-order valence-corrected chi connectivity index (χ3v) is 6.22. The van der Waals surface area contributed by atoms with Crippen molar-refractivity contribution in [3.8, 4) is 0 Å². The monoisotopic (exact) mass is 392 g/mol. The summed E-state index contributed by atoms with van der Waals surface area (Å²) in [4.78, 5) is 16.3. The summed E-state index contributed by atoms with van der Waals surface area (Å²) in [6, 6.07) is 0. The van der Waals surface area contributed by atoms with E-state index in [0.29, 0.717) is 0 Å². The molecule has 0 aliphatic carbocycles. The molecule has 2 unspecified atom stereocenters. The van der Waals surface area contributed by atoms with Crippen LogP contribution in [0.3, 0.4) is 0 Å². The first kappa shape index (κ1) is 24.9. The Morgan fingerprint density at radius 2 is 1.64 bits per heavy atom. The van der Waals surface area contributed by atoms with Gasteiger partial charge in [-0.25, -0.2) is 4.99 Å². The molecule has 0 aromatic rings. The van der Waals surface area contributed by atoms with E-state index in [0.717, 1.165) is 30.5 Å². The molecule has 162 valence electrons. The maximum atomic E-state index is 11.5. The van der Waals surface area contributed by atoms with E-state index in [-0.39, 0.29) is 12.1 Å². The molecule has 0 saturated carbocycles. The Morgan fingerprint density at radius 1 is 1.04 bits per heavy atom. The van der Waals surface area contributed by atoms with Gasteiger partial charge in [0.25, 0.3) is 0 Å². The normalized spacial score (nSPS) is 20.5. The summed E-state index contributed by atoms with van der Waals surface area (Å²) in [5.41, 5.74) is 0. The molecule has 4 heteroatoms. The van der Waals surface area contributed by atoms with Crippen LogP contribution in [0.4, 0.5) is 0 Å². The topological polar surface area (TPSA) is 41.5 Å². The van der Waals surface area contributed by atoms with E-state index in [1.165, 1.54) is 76.5 Å². The SMILES string of the molecule is CCCCCCCCCCCC/C=C/CC1=NCC[N+]1(CC)C(C)NC(C)=O. The van der Waals surface area contributed by atoms with Crippen LogP contribution in [0.15, 0.2) is 17.1 Å². The molecule has 1 aliphatic rings. The number of aliphatic imine (C=N–C) groups is 1. The van der Waals surface area contributed by atoms with Gasteiger partial charge in [0, 0.05) is 13.8 Å². The van der Waals surface area contributed by atoms with Crippen molar-refractivity contribution in [2.45, 2.75) is 111 Å². The minimum Gasteiger partial charge on any atom is -0.307 e. The molecule has 0 bridgehead atoms. The van der Waals surface area contributed by atoms with Crippen LogP contribution in [0, 0.1) is 0 Å². The van der Waals surface area contributed by atoms with Gasteiger partial charge in [0.2, 0.25) is 11.7 Å². The van der Waals surface area contributed by atoms with Crippen LogP contribution in [0.2, 0.25) is 0 Å². The lowest BCUT2D eigenvalue weighted by molar-refractivity contribution is -0.861. The van der Waals surface area contributed by atoms with Crippen LogP contribution in [0.25, 0.3) is 0 Å². The van der Waals surface area contributed by atoms with Gasteiger partial charge >= 0.3 is 0 Å². The van der Waals surface area contributed by atoms with E-state index < -0.39 is 0 Å². The molecule has 1 aliphatic heterocycles. The number of allylic oxidation sites excluding steroid dienone is 1. The number of hydrogen-bond donors (Lipinski definition) is 1.